The van der Waals surface area contributed by atoms with Crippen molar-refractivity contribution in [3.05, 3.63) is 12.2 Å². The van der Waals surface area contributed by atoms with Crippen LogP contribution in [0.1, 0.15) is 64.2 Å². The summed E-state index contributed by atoms with van der Waals surface area (Å²) in [5.74, 6) is 1.58. The Morgan fingerprint density at radius 3 is 2.55 bits per heavy atom. The zero-order valence-electron chi connectivity index (χ0n) is 13.9. The third kappa shape index (κ3) is 2.96. The highest BCUT2D eigenvalue weighted by molar-refractivity contribution is 5.74. The Kier molecular flexibility index (Phi) is 4.36. The van der Waals surface area contributed by atoms with Gasteiger partial charge in [-0.1, -0.05) is 0 Å². The highest BCUT2D eigenvalue weighted by atomic mass is 16.2. The van der Waals surface area contributed by atoms with Crippen molar-refractivity contribution >= 4 is 6.03 Å². The first-order chi connectivity index (χ1) is 10.6. The van der Waals surface area contributed by atoms with Crippen LogP contribution in [0.3, 0.4) is 0 Å². The Bertz CT molecular complexity index is 514. The van der Waals surface area contributed by atoms with E-state index in [0.717, 1.165) is 38.3 Å². The summed E-state index contributed by atoms with van der Waals surface area (Å²) < 4.78 is 2.26. The summed E-state index contributed by atoms with van der Waals surface area (Å²) in [6.07, 6.45) is 6.37. The number of carbonyl (C=O) groups excluding carboxylic acids is 1. The van der Waals surface area contributed by atoms with Crippen LogP contribution in [-0.2, 0) is 0 Å². The highest BCUT2D eigenvalue weighted by Crippen LogP contribution is 2.38. The quantitative estimate of drug-likeness (QED) is 0.859. The molecule has 0 unspecified atom stereocenters. The molecule has 0 radical (unpaired) electrons. The normalized spacial score (nSPS) is 19.7. The van der Waals surface area contributed by atoms with Crippen LogP contribution >= 0.6 is 0 Å². The monoisotopic (exact) mass is 305 g/mol. The molecule has 2 heterocycles. The third-order valence-electron chi connectivity index (χ3n) is 4.88. The van der Waals surface area contributed by atoms with E-state index in [1.165, 1.54) is 12.8 Å². The van der Waals surface area contributed by atoms with Gasteiger partial charge in [-0.2, -0.15) is 0 Å². The minimum Gasteiger partial charge on any atom is -0.325 e. The molecule has 1 aromatic heterocycles. The fraction of sp³-hybridized carbons (Fsp3) is 0.812. The van der Waals surface area contributed by atoms with Crippen LogP contribution in [0.5, 0.6) is 0 Å². The summed E-state index contributed by atoms with van der Waals surface area (Å²) in [4.78, 5) is 16.5. The van der Waals surface area contributed by atoms with Gasteiger partial charge < -0.3 is 14.4 Å². The van der Waals surface area contributed by atoms with Crippen molar-refractivity contribution in [2.24, 2.45) is 0 Å². The van der Waals surface area contributed by atoms with Gasteiger partial charge in [-0.3, -0.25) is 0 Å². The maximum Gasteiger partial charge on any atom is 0.320 e. The molecule has 122 valence electrons. The molecule has 0 spiro atoms. The number of hydrogen-bond acceptors (Lipinski definition) is 3. The van der Waals surface area contributed by atoms with E-state index < -0.39 is 0 Å². The van der Waals surface area contributed by atoms with Gasteiger partial charge in [0.1, 0.15) is 12.2 Å². The molecule has 0 atom stereocenters. The van der Waals surface area contributed by atoms with Gasteiger partial charge in [0.25, 0.3) is 0 Å². The number of nitrogens with zero attached hydrogens (tertiary/aromatic N) is 5. The Labute approximate surface area is 132 Å². The first-order valence-electron chi connectivity index (χ1n) is 8.56. The van der Waals surface area contributed by atoms with Crippen LogP contribution in [0.2, 0.25) is 0 Å². The lowest BCUT2D eigenvalue weighted by molar-refractivity contribution is 0.130. The molecule has 6 heteroatoms. The minimum absolute atomic E-state index is 0.180. The summed E-state index contributed by atoms with van der Waals surface area (Å²) in [6, 6.07) is 1.06. The van der Waals surface area contributed by atoms with Crippen molar-refractivity contribution in [2.45, 2.75) is 64.5 Å². The van der Waals surface area contributed by atoms with Crippen LogP contribution in [0.15, 0.2) is 6.33 Å². The van der Waals surface area contributed by atoms with E-state index >= 15 is 0 Å². The number of amides is 2. The van der Waals surface area contributed by atoms with E-state index in [-0.39, 0.29) is 12.1 Å². The molecule has 0 aromatic carbocycles. The second kappa shape index (κ2) is 6.26. The molecule has 6 nitrogen and oxygen atoms in total. The number of urea groups is 1. The summed E-state index contributed by atoms with van der Waals surface area (Å²) in [6.45, 7) is 8.61. The number of likely N-dealkylation sites (tertiary alicyclic amines) is 1. The molecule has 3 rings (SSSR count). The summed E-state index contributed by atoms with van der Waals surface area (Å²) >= 11 is 0. The minimum atomic E-state index is 0.180. The average molecular weight is 305 g/mol. The van der Waals surface area contributed by atoms with E-state index in [9.17, 15) is 4.79 Å². The first-order valence-corrected chi connectivity index (χ1v) is 8.56. The Morgan fingerprint density at radius 1 is 1.32 bits per heavy atom. The van der Waals surface area contributed by atoms with Crippen molar-refractivity contribution < 1.29 is 4.79 Å². The lowest BCUT2D eigenvalue weighted by Gasteiger charge is -2.36. The fourth-order valence-electron chi connectivity index (χ4n) is 3.41. The molecular formula is C16H27N5O. The molecule has 1 saturated carbocycles. The Balaban J connectivity index is 1.60. The largest absolute Gasteiger partial charge is 0.325 e. The number of carbonyl (C=O) groups is 1. The van der Waals surface area contributed by atoms with Gasteiger partial charge in [-0.15, -0.1) is 10.2 Å². The molecule has 1 saturated heterocycles. The maximum atomic E-state index is 12.6. The topological polar surface area (TPSA) is 54.3 Å². The van der Waals surface area contributed by atoms with E-state index in [2.05, 4.69) is 28.6 Å². The first kappa shape index (κ1) is 15.3. The van der Waals surface area contributed by atoms with Gasteiger partial charge in [0, 0.05) is 37.6 Å². The number of hydrogen-bond donors (Lipinski definition) is 0. The zero-order chi connectivity index (χ0) is 15.7. The summed E-state index contributed by atoms with van der Waals surface area (Å²) in [5, 5.41) is 8.45. The average Bonchev–Trinajstić information content (AvgIpc) is 3.25. The number of rotatable bonds is 4. The second-order valence-corrected chi connectivity index (χ2v) is 6.75. The SMILES string of the molecule is CCN(C(=O)N1CCC(c2nncn2C2CC2)CC1)C(C)C. The second-order valence-electron chi connectivity index (χ2n) is 6.75. The molecule has 2 aliphatic rings. The van der Waals surface area contributed by atoms with Crippen LogP contribution in [0, 0.1) is 0 Å². The molecule has 1 aliphatic carbocycles. The van der Waals surface area contributed by atoms with Crippen LogP contribution in [0.25, 0.3) is 0 Å². The Hall–Kier alpha value is -1.59. The molecule has 1 aromatic rings. The molecule has 0 bridgehead atoms. The van der Waals surface area contributed by atoms with E-state index in [1.54, 1.807) is 0 Å². The lowest BCUT2D eigenvalue weighted by Crippen LogP contribution is -2.48. The fourth-order valence-corrected chi connectivity index (χ4v) is 3.41. The Morgan fingerprint density at radius 2 is 2.00 bits per heavy atom. The summed E-state index contributed by atoms with van der Waals surface area (Å²) in [7, 11) is 0. The molecule has 2 amide bonds. The molecular weight excluding hydrogens is 278 g/mol. The molecule has 1 aliphatic heterocycles. The van der Waals surface area contributed by atoms with E-state index in [4.69, 9.17) is 0 Å². The highest BCUT2D eigenvalue weighted by Gasteiger charge is 2.32. The zero-order valence-corrected chi connectivity index (χ0v) is 13.9. The van der Waals surface area contributed by atoms with Crippen LogP contribution < -0.4 is 0 Å². The predicted octanol–water partition coefficient (Wildman–Crippen LogP) is 2.64. The molecule has 2 fully saturated rings. The van der Waals surface area contributed by atoms with Crippen molar-refractivity contribution in [1.82, 2.24) is 24.6 Å². The predicted molar refractivity (Wildman–Crippen MR) is 84.8 cm³/mol. The van der Waals surface area contributed by atoms with Gasteiger partial charge in [0.2, 0.25) is 0 Å². The third-order valence-corrected chi connectivity index (χ3v) is 4.88. The van der Waals surface area contributed by atoms with Gasteiger partial charge in [0.15, 0.2) is 0 Å². The lowest BCUT2D eigenvalue weighted by atomic mass is 9.96. The van der Waals surface area contributed by atoms with Crippen molar-refractivity contribution in [3.8, 4) is 0 Å². The van der Waals surface area contributed by atoms with Crippen molar-refractivity contribution in [2.75, 3.05) is 19.6 Å². The standard InChI is InChI=1S/C16H27N5O/c1-4-20(12(2)3)16(22)19-9-7-13(8-10-19)15-18-17-11-21(15)14-5-6-14/h11-14H,4-10H2,1-3H3. The van der Waals surface area contributed by atoms with Crippen LogP contribution in [0.4, 0.5) is 4.79 Å². The maximum absolute atomic E-state index is 12.6. The smallest absolute Gasteiger partial charge is 0.320 e. The molecule has 0 N–H and O–H groups in total. The van der Waals surface area contributed by atoms with Crippen molar-refractivity contribution in [3.63, 3.8) is 0 Å². The van der Waals surface area contributed by atoms with Gasteiger partial charge in [-0.25, -0.2) is 4.79 Å². The van der Waals surface area contributed by atoms with Crippen molar-refractivity contribution in [1.29, 1.82) is 0 Å². The van der Waals surface area contributed by atoms with Gasteiger partial charge in [-0.05, 0) is 46.5 Å². The van der Waals surface area contributed by atoms with Crippen LogP contribution in [-0.4, -0.2) is 56.3 Å². The number of piperidine rings is 1. The van der Waals surface area contributed by atoms with E-state index in [1.807, 2.05) is 23.1 Å². The van der Waals surface area contributed by atoms with Gasteiger partial charge >= 0.3 is 6.03 Å². The number of aromatic nitrogens is 3. The van der Waals surface area contributed by atoms with E-state index in [0.29, 0.717) is 12.0 Å². The summed E-state index contributed by atoms with van der Waals surface area (Å²) in [5.41, 5.74) is 0. The van der Waals surface area contributed by atoms with Gasteiger partial charge in [0.05, 0.1) is 0 Å². The molecule has 22 heavy (non-hydrogen) atoms.